The molecule has 1 atom stereocenters. The number of carbonyl (C=O) groups is 1. The highest BCUT2D eigenvalue weighted by Crippen LogP contribution is 2.05. The third-order valence-electron chi connectivity index (χ3n) is 2.39. The van der Waals surface area contributed by atoms with Crippen LogP contribution in [0.15, 0.2) is 0 Å². The van der Waals surface area contributed by atoms with Gasteiger partial charge in [-0.3, -0.25) is 4.79 Å². The summed E-state index contributed by atoms with van der Waals surface area (Å²) in [5.41, 5.74) is 0. The van der Waals surface area contributed by atoms with E-state index in [2.05, 4.69) is 10.6 Å². The average molecular weight is 186 g/mol. The number of hydrogen-bond donors (Lipinski definition) is 2. The Kier molecular flexibility index (Phi) is 4.18. The minimum atomic E-state index is -0.108. The lowest BCUT2D eigenvalue weighted by molar-refractivity contribution is -0.123. The number of ether oxygens (including phenoxy) is 1. The van der Waals surface area contributed by atoms with Crippen LogP contribution in [0.25, 0.3) is 0 Å². The van der Waals surface area contributed by atoms with Crippen molar-refractivity contribution in [3.63, 3.8) is 0 Å². The lowest BCUT2D eigenvalue weighted by atomic mass is 10.1. The van der Waals surface area contributed by atoms with Gasteiger partial charge in [0.1, 0.15) is 0 Å². The fourth-order valence-electron chi connectivity index (χ4n) is 1.30. The zero-order valence-corrected chi connectivity index (χ0v) is 8.30. The van der Waals surface area contributed by atoms with E-state index < -0.39 is 0 Å². The summed E-state index contributed by atoms with van der Waals surface area (Å²) in [5, 5.41) is 5.90. The molecule has 1 saturated heterocycles. The molecule has 0 aromatic heterocycles. The molecular weight excluding hydrogens is 168 g/mol. The Bertz CT molecular complexity index is 167. The van der Waals surface area contributed by atoms with Gasteiger partial charge >= 0.3 is 0 Å². The Morgan fingerprint density at radius 2 is 2.08 bits per heavy atom. The second kappa shape index (κ2) is 5.19. The lowest BCUT2D eigenvalue weighted by Gasteiger charge is -2.24. The van der Waals surface area contributed by atoms with Gasteiger partial charge in [-0.1, -0.05) is 0 Å². The summed E-state index contributed by atoms with van der Waals surface area (Å²) in [5.74, 6) is 0.0781. The van der Waals surface area contributed by atoms with Crippen molar-refractivity contribution >= 4 is 5.91 Å². The molecule has 0 aromatic carbocycles. The third-order valence-corrected chi connectivity index (χ3v) is 2.39. The summed E-state index contributed by atoms with van der Waals surface area (Å²) >= 11 is 0. The monoisotopic (exact) mass is 186 g/mol. The summed E-state index contributed by atoms with van der Waals surface area (Å²) in [6.07, 6.45) is 1.87. The largest absolute Gasteiger partial charge is 0.381 e. The lowest BCUT2D eigenvalue weighted by Crippen LogP contribution is -2.46. The number of amides is 1. The van der Waals surface area contributed by atoms with E-state index in [4.69, 9.17) is 4.74 Å². The third kappa shape index (κ3) is 3.32. The van der Waals surface area contributed by atoms with E-state index in [0.29, 0.717) is 6.04 Å². The molecule has 0 spiro atoms. The van der Waals surface area contributed by atoms with Gasteiger partial charge in [-0.25, -0.2) is 0 Å². The van der Waals surface area contributed by atoms with Crippen molar-refractivity contribution in [3.05, 3.63) is 0 Å². The molecule has 0 aromatic rings. The number of carbonyl (C=O) groups excluding carboxylic acids is 1. The first-order chi connectivity index (χ1) is 6.24. The molecule has 0 aliphatic carbocycles. The minimum absolute atomic E-state index is 0.0781. The van der Waals surface area contributed by atoms with Crippen LogP contribution in [0.4, 0.5) is 0 Å². The van der Waals surface area contributed by atoms with Crippen molar-refractivity contribution in [1.29, 1.82) is 0 Å². The fourth-order valence-corrected chi connectivity index (χ4v) is 1.30. The Hall–Kier alpha value is -0.610. The highest BCUT2D eigenvalue weighted by atomic mass is 16.5. The van der Waals surface area contributed by atoms with E-state index in [0.717, 1.165) is 26.1 Å². The van der Waals surface area contributed by atoms with Gasteiger partial charge in [0.2, 0.25) is 5.91 Å². The minimum Gasteiger partial charge on any atom is -0.381 e. The van der Waals surface area contributed by atoms with Crippen LogP contribution >= 0.6 is 0 Å². The van der Waals surface area contributed by atoms with Gasteiger partial charge in [0.25, 0.3) is 0 Å². The topological polar surface area (TPSA) is 50.4 Å². The SMILES string of the molecule is CNC(C)C(=O)NC1CCOCC1. The van der Waals surface area contributed by atoms with E-state index in [1.54, 1.807) is 7.05 Å². The van der Waals surface area contributed by atoms with E-state index in [9.17, 15) is 4.79 Å². The number of likely N-dealkylation sites (N-methyl/N-ethyl adjacent to an activating group) is 1. The molecule has 1 aliphatic rings. The van der Waals surface area contributed by atoms with Gasteiger partial charge < -0.3 is 15.4 Å². The zero-order chi connectivity index (χ0) is 9.68. The molecule has 4 heteroatoms. The second-order valence-corrected chi connectivity index (χ2v) is 3.41. The number of hydrogen-bond acceptors (Lipinski definition) is 3. The predicted molar refractivity (Wildman–Crippen MR) is 50.5 cm³/mol. The normalized spacial score (nSPS) is 21.1. The smallest absolute Gasteiger partial charge is 0.237 e. The van der Waals surface area contributed by atoms with Gasteiger partial charge in [0.05, 0.1) is 6.04 Å². The van der Waals surface area contributed by atoms with Crippen LogP contribution < -0.4 is 10.6 Å². The maximum atomic E-state index is 11.4. The molecule has 2 N–H and O–H groups in total. The molecule has 1 aliphatic heterocycles. The molecule has 1 rings (SSSR count). The van der Waals surface area contributed by atoms with Crippen molar-refractivity contribution in [2.24, 2.45) is 0 Å². The standard InChI is InChI=1S/C9H18N2O2/c1-7(10-2)9(12)11-8-3-5-13-6-4-8/h7-8,10H,3-6H2,1-2H3,(H,11,12). The quantitative estimate of drug-likeness (QED) is 0.646. The number of nitrogens with one attached hydrogen (secondary N) is 2. The van der Waals surface area contributed by atoms with Gasteiger partial charge in [-0.05, 0) is 26.8 Å². The van der Waals surface area contributed by atoms with Crippen LogP contribution in [-0.4, -0.2) is 38.3 Å². The van der Waals surface area contributed by atoms with Crippen LogP contribution in [0.2, 0.25) is 0 Å². The van der Waals surface area contributed by atoms with Crippen LogP contribution in [0.1, 0.15) is 19.8 Å². The maximum absolute atomic E-state index is 11.4. The maximum Gasteiger partial charge on any atom is 0.237 e. The summed E-state index contributed by atoms with van der Waals surface area (Å²) in [6.45, 7) is 3.38. The summed E-state index contributed by atoms with van der Waals surface area (Å²) in [7, 11) is 1.79. The van der Waals surface area contributed by atoms with Crippen LogP contribution in [0.5, 0.6) is 0 Å². The number of rotatable bonds is 3. The molecule has 4 nitrogen and oxygen atoms in total. The first-order valence-corrected chi connectivity index (χ1v) is 4.79. The summed E-state index contributed by atoms with van der Waals surface area (Å²) in [4.78, 5) is 11.4. The Morgan fingerprint density at radius 3 is 2.62 bits per heavy atom. The van der Waals surface area contributed by atoms with E-state index in [1.165, 1.54) is 0 Å². The van der Waals surface area contributed by atoms with Gasteiger partial charge in [0.15, 0.2) is 0 Å². The van der Waals surface area contributed by atoms with Crippen molar-refractivity contribution in [2.45, 2.75) is 31.8 Å². The van der Waals surface area contributed by atoms with Crippen LogP contribution in [-0.2, 0) is 9.53 Å². The Morgan fingerprint density at radius 1 is 1.46 bits per heavy atom. The van der Waals surface area contributed by atoms with Crippen LogP contribution in [0.3, 0.4) is 0 Å². The summed E-state index contributed by atoms with van der Waals surface area (Å²) < 4.78 is 5.20. The first kappa shape index (κ1) is 10.5. The molecule has 0 radical (unpaired) electrons. The zero-order valence-electron chi connectivity index (χ0n) is 8.30. The van der Waals surface area contributed by atoms with Crippen molar-refractivity contribution < 1.29 is 9.53 Å². The van der Waals surface area contributed by atoms with E-state index in [-0.39, 0.29) is 11.9 Å². The fraction of sp³-hybridized carbons (Fsp3) is 0.889. The van der Waals surface area contributed by atoms with E-state index >= 15 is 0 Å². The van der Waals surface area contributed by atoms with E-state index in [1.807, 2.05) is 6.92 Å². The molecule has 1 heterocycles. The predicted octanol–water partition coefficient (Wildman–Crippen LogP) is -0.111. The van der Waals surface area contributed by atoms with Crippen molar-refractivity contribution in [1.82, 2.24) is 10.6 Å². The Labute approximate surface area is 79.0 Å². The Balaban J connectivity index is 2.26. The first-order valence-electron chi connectivity index (χ1n) is 4.79. The molecule has 1 fully saturated rings. The molecule has 0 bridgehead atoms. The second-order valence-electron chi connectivity index (χ2n) is 3.41. The molecular formula is C9H18N2O2. The highest BCUT2D eigenvalue weighted by Gasteiger charge is 2.18. The highest BCUT2D eigenvalue weighted by molar-refractivity contribution is 5.81. The summed E-state index contributed by atoms with van der Waals surface area (Å²) in [6, 6.07) is 0.194. The molecule has 13 heavy (non-hydrogen) atoms. The molecule has 1 unspecified atom stereocenters. The van der Waals surface area contributed by atoms with Gasteiger partial charge in [-0.15, -0.1) is 0 Å². The van der Waals surface area contributed by atoms with Gasteiger partial charge in [-0.2, -0.15) is 0 Å². The van der Waals surface area contributed by atoms with Crippen molar-refractivity contribution in [3.8, 4) is 0 Å². The van der Waals surface area contributed by atoms with Gasteiger partial charge in [0, 0.05) is 19.3 Å². The molecule has 0 saturated carbocycles. The molecule has 76 valence electrons. The average Bonchev–Trinajstić information content (AvgIpc) is 2.18. The molecule has 1 amide bonds. The van der Waals surface area contributed by atoms with Crippen molar-refractivity contribution in [2.75, 3.05) is 20.3 Å². The van der Waals surface area contributed by atoms with Crippen LogP contribution in [0, 0.1) is 0 Å².